The molecule has 1 atom stereocenters. The number of hydrogen-bond acceptors (Lipinski definition) is 4. The van der Waals surface area contributed by atoms with Gasteiger partial charge in [0.25, 0.3) is 0 Å². The van der Waals surface area contributed by atoms with Crippen molar-refractivity contribution >= 4 is 0 Å². The first-order valence-corrected chi connectivity index (χ1v) is 9.27. The fourth-order valence-electron chi connectivity index (χ4n) is 3.63. The third-order valence-corrected chi connectivity index (χ3v) is 5.07. The molecule has 0 aliphatic carbocycles. The maximum atomic E-state index is 5.84. The molecule has 1 unspecified atom stereocenters. The average Bonchev–Trinajstić information content (AvgIpc) is 3.08. The van der Waals surface area contributed by atoms with E-state index >= 15 is 0 Å². The van der Waals surface area contributed by atoms with Crippen molar-refractivity contribution in [1.29, 1.82) is 0 Å². The topological polar surface area (TPSA) is 28.9 Å². The summed E-state index contributed by atoms with van der Waals surface area (Å²) in [5, 5.41) is 0. The van der Waals surface area contributed by atoms with E-state index in [1.165, 1.54) is 24.9 Å². The lowest BCUT2D eigenvalue weighted by Gasteiger charge is -2.37. The number of likely N-dealkylation sites (N-methyl/N-ethyl adjacent to an activating group) is 1. The molecule has 1 saturated heterocycles. The summed E-state index contributed by atoms with van der Waals surface area (Å²) < 4.78 is 11.0. The highest BCUT2D eigenvalue weighted by atomic mass is 16.5. The van der Waals surface area contributed by atoms with Crippen molar-refractivity contribution in [2.45, 2.75) is 38.5 Å². The summed E-state index contributed by atoms with van der Waals surface area (Å²) >= 11 is 0. The van der Waals surface area contributed by atoms with E-state index < -0.39 is 0 Å². The van der Waals surface area contributed by atoms with Crippen molar-refractivity contribution in [2.24, 2.45) is 0 Å². The van der Waals surface area contributed by atoms with E-state index in [4.69, 9.17) is 9.15 Å². The van der Waals surface area contributed by atoms with Gasteiger partial charge in [-0.15, -0.1) is 0 Å². The highest BCUT2D eigenvalue weighted by Gasteiger charge is 2.23. The van der Waals surface area contributed by atoms with Crippen molar-refractivity contribution in [3.63, 3.8) is 0 Å². The number of rotatable bonds is 8. The second-order valence-electron chi connectivity index (χ2n) is 7.05. The van der Waals surface area contributed by atoms with Crippen LogP contribution < -0.4 is 0 Å². The highest BCUT2D eigenvalue weighted by molar-refractivity contribution is 5.15. The lowest BCUT2D eigenvalue weighted by atomic mass is 10.0. The SMILES string of the molecule is COCc1ccc(CN(C)C2CCCN(CCc3ccccc3)C2)o1. The standard InChI is InChI=1S/C21H30N2O2/c1-22(16-20-10-11-21(25-20)17-24-2)19-9-6-13-23(15-19)14-12-18-7-4-3-5-8-18/h3-5,7-8,10-11,19H,6,9,12-17H2,1-2H3. The van der Waals surface area contributed by atoms with E-state index in [1.54, 1.807) is 7.11 Å². The summed E-state index contributed by atoms with van der Waals surface area (Å²) in [7, 11) is 3.91. The second-order valence-corrected chi connectivity index (χ2v) is 7.05. The summed E-state index contributed by atoms with van der Waals surface area (Å²) in [4.78, 5) is 5.04. The van der Waals surface area contributed by atoms with E-state index in [9.17, 15) is 0 Å². The summed E-state index contributed by atoms with van der Waals surface area (Å²) in [6.07, 6.45) is 3.68. The zero-order chi connectivity index (χ0) is 17.5. The van der Waals surface area contributed by atoms with E-state index in [1.807, 2.05) is 6.07 Å². The lowest BCUT2D eigenvalue weighted by molar-refractivity contribution is 0.105. The van der Waals surface area contributed by atoms with Crippen LogP contribution >= 0.6 is 0 Å². The minimum Gasteiger partial charge on any atom is -0.462 e. The molecular formula is C21H30N2O2. The minimum absolute atomic E-state index is 0.542. The molecule has 1 aliphatic rings. The summed E-state index contributed by atoms with van der Waals surface area (Å²) in [6, 6.07) is 15.5. The zero-order valence-corrected chi connectivity index (χ0v) is 15.5. The molecule has 4 heteroatoms. The van der Waals surface area contributed by atoms with Gasteiger partial charge >= 0.3 is 0 Å². The van der Waals surface area contributed by atoms with E-state index in [-0.39, 0.29) is 0 Å². The quantitative estimate of drug-likeness (QED) is 0.733. The van der Waals surface area contributed by atoms with E-state index in [0.717, 1.165) is 37.6 Å². The molecule has 0 N–H and O–H groups in total. The molecule has 2 heterocycles. The number of nitrogens with zero attached hydrogens (tertiary/aromatic N) is 2. The van der Waals surface area contributed by atoms with Gasteiger partial charge in [-0.3, -0.25) is 4.90 Å². The van der Waals surface area contributed by atoms with Gasteiger partial charge in [0, 0.05) is 26.2 Å². The molecule has 0 radical (unpaired) electrons. The van der Waals surface area contributed by atoms with Gasteiger partial charge in [-0.2, -0.15) is 0 Å². The summed E-state index contributed by atoms with van der Waals surface area (Å²) in [5.41, 5.74) is 1.43. The number of benzene rings is 1. The first-order chi connectivity index (χ1) is 12.2. The van der Waals surface area contributed by atoms with Crippen LogP contribution in [0.1, 0.15) is 29.9 Å². The highest BCUT2D eigenvalue weighted by Crippen LogP contribution is 2.19. The van der Waals surface area contributed by atoms with Crippen LogP contribution in [0.15, 0.2) is 46.9 Å². The van der Waals surface area contributed by atoms with E-state index in [2.05, 4.69) is 53.2 Å². The second kappa shape index (κ2) is 9.18. The Bertz CT molecular complexity index is 626. The van der Waals surface area contributed by atoms with Crippen molar-refractivity contribution in [3.8, 4) is 0 Å². The largest absolute Gasteiger partial charge is 0.462 e. The first kappa shape index (κ1) is 18.2. The molecule has 4 nitrogen and oxygen atoms in total. The molecule has 0 spiro atoms. The van der Waals surface area contributed by atoms with Crippen molar-refractivity contribution < 1.29 is 9.15 Å². The molecular weight excluding hydrogens is 312 g/mol. The van der Waals surface area contributed by atoms with Gasteiger partial charge in [-0.05, 0) is 50.6 Å². The van der Waals surface area contributed by atoms with Crippen LogP contribution in [0, 0.1) is 0 Å². The normalized spacial score (nSPS) is 18.8. The zero-order valence-electron chi connectivity index (χ0n) is 15.5. The van der Waals surface area contributed by atoms with Gasteiger partial charge in [-0.25, -0.2) is 0 Å². The van der Waals surface area contributed by atoms with Crippen LogP contribution in [0.3, 0.4) is 0 Å². The van der Waals surface area contributed by atoms with Gasteiger partial charge < -0.3 is 14.1 Å². The Kier molecular flexibility index (Phi) is 6.68. The predicted molar refractivity (Wildman–Crippen MR) is 100 cm³/mol. The number of piperidine rings is 1. The Morgan fingerprint density at radius 3 is 2.76 bits per heavy atom. The van der Waals surface area contributed by atoms with Crippen LogP contribution in [0.5, 0.6) is 0 Å². The maximum absolute atomic E-state index is 5.84. The summed E-state index contributed by atoms with van der Waals surface area (Å²) in [5.74, 6) is 1.93. The number of methoxy groups -OCH3 is 1. The molecule has 0 amide bonds. The predicted octanol–water partition coefficient (Wildman–Crippen LogP) is 3.56. The van der Waals surface area contributed by atoms with Crippen LogP contribution in [0.25, 0.3) is 0 Å². The fourth-order valence-corrected chi connectivity index (χ4v) is 3.63. The third kappa shape index (κ3) is 5.43. The van der Waals surface area contributed by atoms with Gasteiger partial charge in [0.2, 0.25) is 0 Å². The molecule has 1 aromatic carbocycles. The third-order valence-electron chi connectivity index (χ3n) is 5.07. The molecule has 1 fully saturated rings. The van der Waals surface area contributed by atoms with Gasteiger partial charge in [-0.1, -0.05) is 30.3 Å². The average molecular weight is 342 g/mol. The fraction of sp³-hybridized carbons (Fsp3) is 0.524. The van der Waals surface area contributed by atoms with Crippen molar-refractivity contribution in [1.82, 2.24) is 9.80 Å². The Labute approximate surface area is 151 Å². The minimum atomic E-state index is 0.542. The van der Waals surface area contributed by atoms with Crippen LogP contribution in [0.4, 0.5) is 0 Å². The first-order valence-electron chi connectivity index (χ1n) is 9.27. The molecule has 136 valence electrons. The Morgan fingerprint density at radius 2 is 1.96 bits per heavy atom. The van der Waals surface area contributed by atoms with Crippen molar-refractivity contribution in [3.05, 3.63) is 59.5 Å². The number of likely N-dealkylation sites (tertiary alicyclic amines) is 1. The molecule has 1 aromatic heterocycles. The molecule has 2 aromatic rings. The maximum Gasteiger partial charge on any atom is 0.129 e. The number of hydrogen-bond donors (Lipinski definition) is 0. The number of furan rings is 1. The van der Waals surface area contributed by atoms with Crippen molar-refractivity contribution in [2.75, 3.05) is 33.8 Å². The van der Waals surface area contributed by atoms with Crippen LogP contribution in [0.2, 0.25) is 0 Å². The van der Waals surface area contributed by atoms with Crippen LogP contribution in [-0.2, 0) is 24.3 Å². The summed E-state index contributed by atoms with van der Waals surface area (Å²) in [6.45, 7) is 4.92. The molecule has 0 saturated carbocycles. The smallest absolute Gasteiger partial charge is 0.129 e. The van der Waals surface area contributed by atoms with Gasteiger partial charge in [0.1, 0.15) is 18.1 Å². The molecule has 0 bridgehead atoms. The molecule has 3 rings (SSSR count). The lowest BCUT2D eigenvalue weighted by Crippen LogP contribution is -2.46. The number of ether oxygens (including phenoxy) is 1. The van der Waals surface area contributed by atoms with Gasteiger partial charge in [0.15, 0.2) is 0 Å². The van der Waals surface area contributed by atoms with Crippen LogP contribution in [-0.4, -0.2) is 49.6 Å². The Hall–Kier alpha value is -1.62. The van der Waals surface area contributed by atoms with Gasteiger partial charge in [0.05, 0.1) is 6.54 Å². The Balaban J connectivity index is 1.48. The molecule has 25 heavy (non-hydrogen) atoms. The Morgan fingerprint density at radius 1 is 1.16 bits per heavy atom. The monoisotopic (exact) mass is 342 g/mol. The molecule has 1 aliphatic heterocycles. The van der Waals surface area contributed by atoms with E-state index in [0.29, 0.717) is 12.6 Å².